The molecule has 2 aromatic carbocycles. The molecule has 0 fully saturated rings. The highest BCUT2D eigenvalue weighted by molar-refractivity contribution is 6.50. The summed E-state index contributed by atoms with van der Waals surface area (Å²) in [4.78, 5) is 24.9. The predicted molar refractivity (Wildman–Crippen MR) is 94.3 cm³/mol. The van der Waals surface area contributed by atoms with E-state index >= 15 is 0 Å². The number of carbonyl (C=O) groups is 2. The van der Waals surface area contributed by atoms with Crippen LogP contribution in [0.1, 0.15) is 16.7 Å². The lowest BCUT2D eigenvalue weighted by Gasteiger charge is -2.13. The van der Waals surface area contributed by atoms with Gasteiger partial charge in [0, 0.05) is 35.3 Å². The molecule has 0 atom stereocenters. The van der Waals surface area contributed by atoms with Crippen molar-refractivity contribution in [3.63, 3.8) is 0 Å². The van der Waals surface area contributed by atoms with E-state index in [1.54, 1.807) is 29.9 Å². The Hall–Kier alpha value is -3.35. The summed E-state index contributed by atoms with van der Waals surface area (Å²) in [5, 5.41) is 2.82. The molecule has 136 valence electrons. The van der Waals surface area contributed by atoms with Crippen LogP contribution in [0, 0.1) is 0 Å². The zero-order chi connectivity index (χ0) is 19.3. The van der Waals surface area contributed by atoms with E-state index in [-0.39, 0.29) is 16.7 Å². The van der Waals surface area contributed by atoms with Gasteiger partial charge in [0.15, 0.2) is 0 Å². The van der Waals surface area contributed by atoms with Gasteiger partial charge in [-0.25, -0.2) is 0 Å². The molecule has 4 nitrogen and oxygen atoms in total. The van der Waals surface area contributed by atoms with Crippen LogP contribution in [0.25, 0.3) is 22.0 Å². The van der Waals surface area contributed by atoms with Gasteiger partial charge in [0.2, 0.25) is 0 Å². The van der Waals surface area contributed by atoms with Crippen LogP contribution in [0.4, 0.5) is 13.2 Å². The second-order valence-electron chi connectivity index (χ2n) is 6.25. The number of amides is 2. The third kappa shape index (κ3) is 2.63. The smallest absolute Gasteiger partial charge is 0.350 e. The first-order valence-electron chi connectivity index (χ1n) is 8.10. The number of rotatable bonds is 2. The van der Waals surface area contributed by atoms with E-state index in [1.165, 1.54) is 18.2 Å². The molecule has 1 aliphatic rings. The molecule has 1 aromatic heterocycles. The standard InChI is InChI=1S/C20H13F3N2O2/c1-25-10-13(11-6-3-5-9-15(11)25)17-16(18(26)24-19(17)27)12-7-2-4-8-14(12)20(21,22)23/h2-10H,1H3,(H,24,26,27). The van der Waals surface area contributed by atoms with Crippen molar-refractivity contribution in [2.24, 2.45) is 7.05 Å². The monoisotopic (exact) mass is 370 g/mol. The van der Waals surface area contributed by atoms with Gasteiger partial charge in [0.1, 0.15) is 0 Å². The summed E-state index contributed by atoms with van der Waals surface area (Å²) >= 11 is 0. The highest BCUT2D eigenvalue weighted by Crippen LogP contribution is 2.40. The second kappa shape index (κ2) is 5.84. The third-order valence-corrected chi connectivity index (χ3v) is 4.60. The minimum atomic E-state index is -4.65. The minimum absolute atomic E-state index is 0.0477. The zero-order valence-electron chi connectivity index (χ0n) is 14.1. The van der Waals surface area contributed by atoms with Crippen molar-refractivity contribution < 1.29 is 22.8 Å². The molecule has 0 unspecified atom stereocenters. The molecule has 2 amide bonds. The van der Waals surface area contributed by atoms with Crippen molar-refractivity contribution in [2.45, 2.75) is 6.18 Å². The third-order valence-electron chi connectivity index (χ3n) is 4.60. The molecule has 3 aromatic rings. The number of carbonyl (C=O) groups excluding carboxylic acids is 2. The number of para-hydroxylation sites is 1. The van der Waals surface area contributed by atoms with E-state index in [0.717, 1.165) is 11.6 Å². The van der Waals surface area contributed by atoms with E-state index in [9.17, 15) is 22.8 Å². The number of benzene rings is 2. The van der Waals surface area contributed by atoms with Gasteiger partial charge in [-0.15, -0.1) is 0 Å². The molecule has 0 aliphatic carbocycles. The van der Waals surface area contributed by atoms with E-state index in [0.29, 0.717) is 10.9 Å². The molecule has 1 N–H and O–H groups in total. The van der Waals surface area contributed by atoms with Crippen molar-refractivity contribution in [3.05, 3.63) is 71.4 Å². The highest BCUT2D eigenvalue weighted by atomic mass is 19.4. The van der Waals surface area contributed by atoms with Gasteiger partial charge in [-0.3, -0.25) is 14.9 Å². The van der Waals surface area contributed by atoms with Gasteiger partial charge in [-0.2, -0.15) is 13.2 Å². The van der Waals surface area contributed by atoms with Crippen molar-refractivity contribution in [2.75, 3.05) is 0 Å². The van der Waals surface area contributed by atoms with E-state index in [1.807, 2.05) is 12.1 Å². The van der Waals surface area contributed by atoms with Crippen LogP contribution >= 0.6 is 0 Å². The summed E-state index contributed by atoms with van der Waals surface area (Å²) < 4.78 is 42.2. The largest absolute Gasteiger partial charge is 0.417 e. The van der Waals surface area contributed by atoms with Gasteiger partial charge < -0.3 is 4.57 Å². The topological polar surface area (TPSA) is 51.1 Å². The molecular formula is C20H13F3N2O2. The van der Waals surface area contributed by atoms with Crippen molar-refractivity contribution in [3.8, 4) is 0 Å². The summed E-state index contributed by atoms with van der Waals surface area (Å²) in [5.74, 6) is -1.54. The molecule has 0 radical (unpaired) electrons. The highest BCUT2D eigenvalue weighted by Gasteiger charge is 2.40. The molecule has 0 bridgehead atoms. The van der Waals surface area contributed by atoms with Crippen LogP contribution < -0.4 is 5.32 Å². The number of aryl methyl sites for hydroxylation is 1. The second-order valence-corrected chi connectivity index (χ2v) is 6.25. The van der Waals surface area contributed by atoms with E-state index in [2.05, 4.69) is 5.32 Å². The van der Waals surface area contributed by atoms with Crippen LogP contribution in [0.5, 0.6) is 0 Å². The van der Waals surface area contributed by atoms with Gasteiger partial charge in [0.25, 0.3) is 11.8 Å². The first-order valence-corrected chi connectivity index (χ1v) is 8.10. The minimum Gasteiger partial charge on any atom is -0.350 e. The van der Waals surface area contributed by atoms with Crippen LogP contribution in [0.3, 0.4) is 0 Å². The van der Waals surface area contributed by atoms with E-state index in [4.69, 9.17) is 0 Å². The van der Waals surface area contributed by atoms with Crippen LogP contribution in [0.2, 0.25) is 0 Å². The summed E-state index contributed by atoms with van der Waals surface area (Å²) in [6.45, 7) is 0. The maximum absolute atomic E-state index is 13.5. The van der Waals surface area contributed by atoms with Crippen LogP contribution in [0.15, 0.2) is 54.7 Å². The zero-order valence-corrected chi connectivity index (χ0v) is 14.1. The fraction of sp³-hybridized carbons (Fsp3) is 0.100. The van der Waals surface area contributed by atoms with Crippen molar-refractivity contribution >= 4 is 33.9 Å². The molecule has 4 rings (SSSR count). The fourth-order valence-electron chi connectivity index (χ4n) is 3.46. The molecule has 7 heteroatoms. The normalized spacial score (nSPS) is 15.0. The number of imide groups is 1. The molecule has 1 aliphatic heterocycles. The molecule has 2 heterocycles. The Kier molecular flexibility index (Phi) is 3.69. The maximum atomic E-state index is 13.5. The average Bonchev–Trinajstić information content (AvgIpc) is 3.10. The lowest BCUT2D eigenvalue weighted by atomic mass is 9.92. The Morgan fingerprint density at radius 1 is 0.852 bits per heavy atom. The van der Waals surface area contributed by atoms with Crippen molar-refractivity contribution in [1.29, 1.82) is 0 Å². The van der Waals surface area contributed by atoms with Crippen LogP contribution in [-0.4, -0.2) is 16.4 Å². The van der Waals surface area contributed by atoms with Gasteiger partial charge in [-0.05, 0) is 12.1 Å². The number of nitrogens with one attached hydrogen (secondary N) is 1. The van der Waals surface area contributed by atoms with E-state index < -0.39 is 23.6 Å². The number of hydrogen-bond acceptors (Lipinski definition) is 2. The number of nitrogens with zero attached hydrogens (tertiary/aromatic N) is 1. The lowest BCUT2D eigenvalue weighted by Crippen LogP contribution is -2.23. The quantitative estimate of drug-likeness (QED) is 0.699. The van der Waals surface area contributed by atoms with Gasteiger partial charge in [0.05, 0.1) is 16.7 Å². The number of aromatic nitrogens is 1. The first-order chi connectivity index (χ1) is 12.8. The lowest BCUT2D eigenvalue weighted by molar-refractivity contribution is -0.137. The molecule has 0 spiro atoms. The van der Waals surface area contributed by atoms with Crippen molar-refractivity contribution in [1.82, 2.24) is 9.88 Å². The SMILES string of the molecule is Cn1cc(C2=C(c3ccccc3C(F)(F)F)C(=O)NC2=O)c2ccccc21. The molecule has 27 heavy (non-hydrogen) atoms. The van der Waals surface area contributed by atoms with Gasteiger partial charge in [-0.1, -0.05) is 36.4 Å². The van der Waals surface area contributed by atoms with Gasteiger partial charge >= 0.3 is 6.18 Å². The summed E-state index contributed by atoms with van der Waals surface area (Å²) in [6, 6.07) is 12.0. The Morgan fingerprint density at radius 2 is 1.44 bits per heavy atom. The Balaban J connectivity index is 2.07. The Labute approximate surface area is 151 Å². The maximum Gasteiger partial charge on any atom is 0.417 e. The number of fused-ring (bicyclic) bond motifs is 1. The summed E-state index contributed by atoms with van der Waals surface area (Å²) in [5.41, 5.74) is -0.351. The number of alkyl halides is 3. The van der Waals surface area contributed by atoms with Crippen LogP contribution in [-0.2, 0) is 22.8 Å². The molecular weight excluding hydrogens is 357 g/mol. The number of hydrogen-bond donors (Lipinski definition) is 1. The average molecular weight is 370 g/mol. The predicted octanol–water partition coefficient (Wildman–Crippen LogP) is 3.76. The first kappa shape index (κ1) is 17.1. The molecule has 0 saturated carbocycles. The summed E-state index contributed by atoms with van der Waals surface area (Å²) in [6.07, 6.45) is -3.01. The Bertz CT molecular complexity index is 1140. The summed E-state index contributed by atoms with van der Waals surface area (Å²) in [7, 11) is 1.77. The fourth-order valence-corrected chi connectivity index (χ4v) is 3.46. The number of halogens is 3. The Morgan fingerprint density at radius 3 is 2.15 bits per heavy atom. The molecule has 0 saturated heterocycles.